The van der Waals surface area contributed by atoms with Crippen LogP contribution in [0.3, 0.4) is 0 Å². The predicted octanol–water partition coefficient (Wildman–Crippen LogP) is 3.13. The van der Waals surface area contributed by atoms with Crippen molar-refractivity contribution in [2.24, 2.45) is 5.41 Å². The summed E-state index contributed by atoms with van der Waals surface area (Å²) >= 11 is 0. The number of carbonyl (C=O) groups is 3. The number of ether oxygens (including phenoxy) is 4. The average molecular weight is 373 g/mol. The highest BCUT2D eigenvalue weighted by Crippen LogP contribution is 2.34. The summed E-state index contributed by atoms with van der Waals surface area (Å²) in [6.07, 6.45) is -1.71. The SMILES string of the molecule is COC(=O)C(CC1(C)COC1)N(C(=O)OC(C)(C)C)C(=O)OC(C)(C)C. The molecule has 8 heteroatoms. The number of imide groups is 1. The van der Waals surface area contributed by atoms with Gasteiger partial charge in [0, 0.05) is 5.41 Å². The maximum absolute atomic E-state index is 12.7. The molecule has 1 rings (SSSR count). The number of hydrogen-bond acceptors (Lipinski definition) is 7. The van der Waals surface area contributed by atoms with E-state index in [-0.39, 0.29) is 11.8 Å². The lowest BCUT2D eigenvalue weighted by Crippen LogP contribution is -2.55. The molecule has 1 heterocycles. The van der Waals surface area contributed by atoms with Gasteiger partial charge >= 0.3 is 18.2 Å². The lowest BCUT2D eigenvalue weighted by molar-refractivity contribution is -0.154. The van der Waals surface area contributed by atoms with Crippen molar-refractivity contribution >= 4 is 18.2 Å². The van der Waals surface area contributed by atoms with Gasteiger partial charge in [0.25, 0.3) is 0 Å². The quantitative estimate of drug-likeness (QED) is 0.552. The van der Waals surface area contributed by atoms with Gasteiger partial charge in [-0.15, -0.1) is 0 Å². The maximum atomic E-state index is 12.7. The highest BCUT2D eigenvalue weighted by atomic mass is 16.6. The minimum atomic E-state index is -1.17. The van der Waals surface area contributed by atoms with Crippen LogP contribution >= 0.6 is 0 Å². The lowest BCUT2D eigenvalue weighted by Gasteiger charge is -2.41. The summed E-state index contributed by atoms with van der Waals surface area (Å²) in [7, 11) is 1.21. The van der Waals surface area contributed by atoms with Crippen molar-refractivity contribution in [1.82, 2.24) is 4.90 Å². The standard InChI is InChI=1S/C18H31NO7/c1-16(2,3)25-14(21)19(15(22)26-17(4,5)6)12(13(20)23-8)9-18(7)10-24-11-18/h12H,9-11H2,1-8H3. The molecule has 2 amide bonds. The van der Waals surface area contributed by atoms with E-state index in [0.717, 1.165) is 0 Å². The molecule has 1 aliphatic rings. The second-order valence-corrected chi connectivity index (χ2v) is 8.88. The Hall–Kier alpha value is -1.83. The zero-order valence-corrected chi connectivity index (χ0v) is 17.0. The molecule has 1 aliphatic heterocycles. The van der Waals surface area contributed by atoms with Crippen molar-refractivity contribution in [3.05, 3.63) is 0 Å². The maximum Gasteiger partial charge on any atom is 0.420 e. The first-order valence-electron chi connectivity index (χ1n) is 8.58. The molecule has 1 atom stereocenters. The van der Waals surface area contributed by atoms with Crippen LogP contribution in [0.1, 0.15) is 54.9 Å². The monoisotopic (exact) mass is 373 g/mol. The summed E-state index contributed by atoms with van der Waals surface area (Å²) in [5, 5.41) is 0. The minimum absolute atomic E-state index is 0.193. The summed E-state index contributed by atoms with van der Waals surface area (Å²) in [5.74, 6) is -0.713. The fourth-order valence-corrected chi connectivity index (χ4v) is 2.40. The molecule has 0 aliphatic carbocycles. The molecule has 0 aromatic carbocycles. The van der Waals surface area contributed by atoms with Crippen LogP contribution in [0.2, 0.25) is 0 Å². The van der Waals surface area contributed by atoms with E-state index in [9.17, 15) is 14.4 Å². The minimum Gasteiger partial charge on any atom is -0.467 e. The highest BCUT2D eigenvalue weighted by molar-refractivity contribution is 5.94. The molecule has 26 heavy (non-hydrogen) atoms. The van der Waals surface area contributed by atoms with Crippen LogP contribution in [0.15, 0.2) is 0 Å². The van der Waals surface area contributed by atoms with Crippen LogP contribution in [-0.2, 0) is 23.7 Å². The molecule has 150 valence electrons. The van der Waals surface area contributed by atoms with E-state index in [1.165, 1.54) is 7.11 Å². The Morgan fingerprint density at radius 1 is 1.00 bits per heavy atom. The van der Waals surface area contributed by atoms with Crippen molar-refractivity contribution < 1.29 is 33.3 Å². The van der Waals surface area contributed by atoms with Crippen molar-refractivity contribution in [3.63, 3.8) is 0 Å². The third-order valence-corrected chi connectivity index (χ3v) is 3.55. The Kier molecular flexibility index (Phi) is 6.68. The van der Waals surface area contributed by atoms with Crippen LogP contribution < -0.4 is 0 Å². The molecule has 0 aromatic rings. The summed E-state index contributed by atoms with van der Waals surface area (Å²) < 4.78 is 20.7. The Morgan fingerprint density at radius 3 is 1.69 bits per heavy atom. The molecule has 0 aromatic heterocycles. The van der Waals surface area contributed by atoms with Crippen LogP contribution in [-0.4, -0.2) is 60.6 Å². The zero-order valence-electron chi connectivity index (χ0n) is 17.0. The van der Waals surface area contributed by atoms with Gasteiger partial charge in [0.1, 0.15) is 17.2 Å². The van der Waals surface area contributed by atoms with E-state index >= 15 is 0 Å². The smallest absolute Gasteiger partial charge is 0.420 e. The zero-order chi connectivity index (χ0) is 20.3. The van der Waals surface area contributed by atoms with Crippen molar-refractivity contribution in [3.8, 4) is 0 Å². The first-order valence-corrected chi connectivity index (χ1v) is 8.58. The van der Waals surface area contributed by atoms with Crippen LogP contribution in [0.4, 0.5) is 9.59 Å². The normalized spacial score (nSPS) is 17.5. The topological polar surface area (TPSA) is 91.4 Å². The molecule has 0 N–H and O–H groups in total. The van der Waals surface area contributed by atoms with E-state index in [4.69, 9.17) is 18.9 Å². The molecule has 0 radical (unpaired) electrons. The van der Waals surface area contributed by atoms with Gasteiger partial charge in [-0.1, -0.05) is 6.92 Å². The Balaban J connectivity index is 3.20. The number of methoxy groups -OCH3 is 1. The van der Waals surface area contributed by atoms with Gasteiger partial charge in [-0.2, -0.15) is 4.90 Å². The summed E-state index contributed by atoms with van der Waals surface area (Å²) in [5.41, 5.74) is -2.04. The number of rotatable bonds is 4. The first-order chi connectivity index (χ1) is 11.7. The van der Waals surface area contributed by atoms with E-state index in [2.05, 4.69) is 0 Å². The number of carbonyl (C=O) groups excluding carboxylic acids is 3. The second-order valence-electron chi connectivity index (χ2n) is 8.88. The Bertz CT molecular complexity index is 513. The van der Waals surface area contributed by atoms with Gasteiger partial charge in [0.15, 0.2) is 0 Å². The van der Waals surface area contributed by atoms with Crippen LogP contribution in [0, 0.1) is 5.41 Å². The van der Waals surface area contributed by atoms with E-state index < -0.39 is 35.4 Å². The highest BCUT2D eigenvalue weighted by Gasteiger charge is 2.46. The van der Waals surface area contributed by atoms with Gasteiger partial charge in [-0.3, -0.25) is 0 Å². The van der Waals surface area contributed by atoms with E-state index in [0.29, 0.717) is 18.1 Å². The Morgan fingerprint density at radius 2 is 1.42 bits per heavy atom. The van der Waals surface area contributed by atoms with E-state index in [1.54, 1.807) is 41.5 Å². The molecule has 1 fully saturated rings. The molecular formula is C18H31NO7. The molecule has 0 spiro atoms. The molecule has 0 bridgehead atoms. The third kappa shape index (κ3) is 6.48. The predicted molar refractivity (Wildman–Crippen MR) is 93.7 cm³/mol. The average Bonchev–Trinajstić information content (AvgIpc) is 2.39. The summed E-state index contributed by atoms with van der Waals surface area (Å²) in [4.78, 5) is 38.5. The van der Waals surface area contributed by atoms with Crippen LogP contribution in [0.25, 0.3) is 0 Å². The second kappa shape index (κ2) is 7.82. The number of hydrogen-bond donors (Lipinski definition) is 0. The molecule has 1 saturated heterocycles. The number of amides is 2. The van der Waals surface area contributed by atoms with Gasteiger partial charge < -0.3 is 18.9 Å². The van der Waals surface area contributed by atoms with Gasteiger partial charge in [0.05, 0.1) is 20.3 Å². The van der Waals surface area contributed by atoms with Crippen molar-refractivity contribution in [1.29, 1.82) is 0 Å². The summed E-state index contributed by atoms with van der Waals surface area (Å²) in [6, 6.07) is -1.17. The molecule has 1 unspecified atom stereocenters. The van der Waals surface area contributed by atoms with E-state index in [1.807, 2.05) is 6.92 Å². The lowest BCUT2D eigenvalue weighted by atomic mass is 9.81. The van der Waals surface area contributed by atoms with Crippen molar-refractivity contribution in [2.75, 3.05) is 20.3 Å². The fraction of sp³-hybridized carbons (Fsp3) is 0.833. The molecule has 0 saturated carbocycles. The first kappa shape index (κ1) is 22.2. The molecular weight excluding hydrogens is 342 g/mol. The Labute approximate surface area is 155 Å². The third-order valence-electron chi connectivity index (χ3n) is 3.55. The van der Waals surface area contributed by atoms with Gasteiger partial charge in [-0.25, -0.2) is 14.4 Å². The van der Waals surface area contributed by atoms with Gasteiger partial charge in [-0.05, 0) is 48.0 Å². The number of nitrogens with zero attached hydrogens (tertiary/aromatic N) is 1. The molecule has 8 nitrogen and oxygen atoms in total. The largest absolute Gasteiger partial charge is 0.467 e. The fourth-order valence-electron chi connectivity index (χ4n) is 2.40. The number of esters is 1. The van der Waals surface area contributed by atoms with Crippen molar-refractivity contribution in [2.45, 2.75) is 72.1 Å². The van der Waals surface area contributed by atoms with Crippen LogP contribution in [0.5, 0.6) is 0 Å². The van der Waals surface area contributed by atoms with Gasteiger partial charge in [0.2, 0.25) is 0 Å². The summed E-state index contributed by atoms with van der Waals surface area (Å²) in [6.45, 7) is 12.8.